The van der Waals surface area contributed by atoms with Gasteiger partial charge < -0.3 is 19.6 Å². The van der Waals surface area contributed by atoms with Gasteiger partial charge in [0.15, 0.2) is 0 Å². The molecule has 1 aromatic carbocycles. The van der Waals surface area contributed by atoms with Crippen molar-refractivity contribution in [1.82, 2.24) is 14.7 Å². The minimum Gasteiger partial charge on any atom is -0.465 e. The largest absolute Gasteiger partial charge is 0.465 e. The molecule has 0 radical (unpaired) electrons. The lowest BCUT2D eigenvalue weighted by Gasteiger charge is -2.41. The highest BCUT2D eigenvalue weighted by Crippen LogP contribution is 2.37. The molecule has 0 aromatic heterocycles. The molecule has 0 spiro atoms. The number of nitrogens with one attached hydrogen (secondary N) is 1. The van der Waals surface area contributed by atoms with E-state index in [1.165, 1.54) is 35.8 Å². The molecule has 0 saturated carbocycles. The molecule has 3 fully saturated rings. The monoisotopic (exact) mass is 502 g/mol. The number of anilines is 1. The van der Waals surface area contributed by atoms with Crippen LogP contribution >= 0.6 is 11.9 Å². The molecule has 3 N–H and O–H groups in total. The van der Waals surface area contributed by atoms with Gasteiger partial charge in [-0.25, -0.2) is 23.4 Å². The predicted molar refractivity (Wildman–Crippen MR) is 124 cm³/mol. The Balaban J connectivity index is 0.000000574. The maximum absolute atomic E-state index is 14.0. The Bertz CT molecular complexity index is 822. The van der Waals surface area contributed by atoms with Crippen LogP contribution in [0.25, 0.3) is 0 Å². The van der Waals surface area contributed by atoms with Gasteiger partial charge >= 0.3 is 6.09 Å². The van der Waals surface area contributed by atoms with E-state index in [0.29, 0.717) is 44.8 Å². The van der Waals surface area contributed by atoms with E-state index in [1.54, 1.807) is 10.4 Å². The predicted octanol–water partition coefficient (Wildman–Crippen LogP) is 2.80. The van der Waals surface area contributed by atoms with Gasteiger partial charge in [-0.3, -0.25) is 10.0 Å². The second-order valence-corrected chi connectivity index (χ2v) is 9.66. The molecule has 190 valence electrons. The SMILES string of the molecule is C1CCOC1.O=C(O)N1CCC(CSN2CCN(c3cc(F)ccc3F)CC2)(C(=O)NO)CC1. The third kappa shape index (κ3) is 6.94. The van der Waals surface area contributed by atoms with E-state index in [-0.39, 0.29) is 18.8 Å². The second kappa shape index (κ2) is 12.5. The lowest BCUT2D eigenvalue weighted by atomic mass is 9.79. The van der Waals surface area contributed by atoms with Crippen LogP contribution in [0.1, 0.15) is 25.7 Å². The molecule has 12 heteroatoms. The molecule has 0 atom stereocenters. The first-order chi connectivity index (χ1) is 16.3. The fourth-order valence-electron chi connectivity index (χ4n) is 4.19. The summed E-state index contributed by atoms with van der Waals surface area (Å²) in [5, 5.41) is 18.2. The average molecular weight is 503 g/mol. The lowest BCUT2D eigenvalue weighted by Crippen LogP contribution is -2.51. The zero-order valence-electron chi connectivity index (χ0n) is 19.0. The van der Waals surface area contributed by atoms with Crippen LogP contribution in [0.5, 0.6) is 0 Å². The van der Waals surface area contributed by atoms with Crippen molar-refractivity contribution in [2.45, 2.75) is 25.7 Å². The zero-order chi connectivity index (χ0) is 24.6. The van der Waals surface area contributed by atoms with E-state index in [4.69, 9.17) is 15.1 Å². The van der Waals surface area contributed by atoms with Crippen LogP contribution in [0, 0.1) is 17.0 Å². The number of amides is 2. The highest BCUT2D eigenvalue weighted by Gasteiger charge is 2.43. The number of hydroxylamine groups is 1. The maximum atomic E-state index is 14.0. The number of piperazine rings is 1. The van der Waals surface area contributed by atoms with E-state index in [2.05, 4.69) is 4.31 Å². The molecule has 1 aromatic rings. The Morgan fingerprint density at radius 2 is 1.71 bits per heavy atom. The lowest BCUT2D eigenvalue weighted by molar-refractivity contribution is -0.141. The Kier molecular flexibility index (Phi) is 9.74. The standard InChI is InChI=1S/C18H24F2N4O4S.C4H8O/c19-13-1-2-14(20)15(11-13)22-7-9-24(10-8-22)29-12-18(16(25)21-28)3-5-23(6-4-18)17(26)27;1-2-4-5-3-1/h1-2,11,28H,3-10,12H2,(H,21,25)(H,26,27);1-4H2. The molecule has 34 heavy (non-hydrogen) atoms. The van der Waals surface area contributed by atoms with Crippen LogP contribution in [-0.4, -0.2) is 89.8 Å². The van der Waals surface area contributed by atoms with Gasteiger partial charge in [0.05, 0.1) is 11.1 Å². The molecule has 3 heterocycles. The zero-order valence-corrected chi connectivity index (χ0v) is 19.9. The van der Waals surface area contributed by atoms with Gasteiger partial charge in [-0.15, -0.1) is 0 Å². The molecule has 4 rings (SSSR count). The summed E-state index contributed by atoms with van der Waals surface area (Å²) in [5.74, 6) is -1.05. The number of carbonyl (C=O) groups excluding carboxylic acids is 1. The summed E-state index contributed by atoms with van der Waals surface area (Å²) >= 11 is 1.46. The number of halogens is 2. The van der Waals surface area contributed by atoms with Crippen LogP contribution in [0.3, 0.4) is 0 Å². The number of hydrogen-bond donors (Lipinski definition) is 3. The van der Waals surface area contributed by atoms with Gasteiger partial charge in [0.2, 0.25) is 0 Å². The third-order valence-corrected chi connectivity index (χ3v) is 7.82. The maximum Gasteiger partial charge on any atom is 0.407 e. The van der Waals surface area contributed by atoms with Crippen molar-refractivity contribution in [3.05, 3.63) is 29.8 Å². The fourth-order valence-corrected chi connectivity index (χ4v) is 5.46. The van der Waals surface area contributed by atoms with Gasteiger partial charge in [-0.2, -0.15) is 0 Å². The van der Waals surface area contributed by atoms with Crippen molar-refractivity contribution in [1.29, 1.82) is 0 Å². The van der Waals surface area contributed by atoms with E-state index >= 15 is 0 Å². The van der Waals surface area contributed by atoms with Crippen LogP contribution in [0.4, 0.5) is 19.3 Å². The van der Waals surface area contributed by atoms with Crippen molar-refractivity contribution < 1.29 is 33.4 Å². The number of carbonyl (C=O) groups is 2. The number of carboxylic acid groups (broad SMARTS) is 1. The first-order valence-corrected chi connectivity index (χ1v) is 12.4. The van der Waals surface area contributed by atoms with Gasteiger partial charge in [0, 0.05) is 64.3 Å². The minimum atomic E-state index is -1.02. The summed E-state index contributed by atoms with van der Waals surface area (Å²) in [5.41, 5.74) is 1.12. The van der Waals surface area contributed by atoms with Crippen molar-refractivity contribution in [3.8, 4) is 0 Å². The summed E-state index contributed by atoms with van der Waals surface area (Å²) in [6.07, 6.45) is 2.19. The van der Waals surface area contributed by atoms with E-state index in [9.17, 15) is 18.4 Å². The normalized spacial score (nSPS) is 20.4. The van der Waals surface area contributed by atoms with E-state index in [0.717, 1.165) is 25.3 Å². The molecule has 3 saturated heterocycles. The second-order valence-electron chi connectivity index (χ2n) is 8.60. The molecule has 0 unspecified atom stereocenters. The van der Waals surface area contributed by atoms with Crippen LogP contribution in [-0.2, 0) is 9.53 Å². The summed E-state index contributed by atoms with van der Waals surface area (Å²) in [4.78, 5) is 26.5. The first-order valence-electron chi connectivity index (χ1n) is 11.4. The number of piperidine rings is 1. The minimum absolute atomic E-state index is 0.232. The number of ether oxygens (including phenoxy) is 1. The topological polar surface area (TPSA) is 106 Å². The Hall–Kier alpha value is -2.15. The van der Waals surface area contributed by atoms with Gasteiger partial charge in [-0.05, 0) is 37.8 Å². The summed E-state index contributed by atoms with van der Waals surface area (Å²) < 4.78 is 34.4. The van der Waals surface area contributed by atoms with E-state index < -0.39 is 29.0 Å². The molecule has 3 aliphatic rings. The Morgan fingerprint density at radius 1 is 1.06 bits per heavy atom. The molecule has 3 aliphatic heterocycles. The van der Waals surface area contributed by atoms with Crippen molar-refractivity contribution in [2.75, 3.05) is 63.1 Å². The summed E-state index contributed by atoms with van der Waals surface area (Å²) in [6.45, 7) is 4.68. The average Bonchev–Trinajstić information content (AvgIpc) is 3.45. The van der Waals surface area contributed by atoms with Crippen molar-refractivity contribution >= 4 is 29.6 Å². The Labute approximate surface area is 202 Å². The smallest absolute Gasteiger partial charge is 0.407 e. The molecular weight excluding hydrogens is 470 g/mol. The molecule has 2 amide bonds. The number of benzene rings is 1. The molecular formula is C22H32F2N4O5S. The number of hydrogen-bond acceptors (Lipinski definition) is 7. The number of likely N-dealkylation sites (tertiary alicyclic amines) is 1. The van der Waals surface area contributed by atoms with Gasteiger partial charge in [0.1, 0.15) is 11.6 Å². The quantitative estimate of drug-likeness (QED) is 0.321. The van der Waals surface area contributed by atoms with Crippen LogP contribution in [0.15, 0.2) is 18.2 Å². The Morgan fingerprint density at radius 3 is 2.24 bits per heavy atom. The molecule has 0 bridgehead atoms. The molecule has 0 aliphatic carbocycles. The van der Waals surface area contributed by atoms with Crippen LogP contribution < -0.4 is 10.4 Å². The molecule has 9 nitrogen and oxygen atoms in total. The van der Waals surface area contributed by atoms with E-state index in [1.807, 2.05) is 0 Å². The van der Waals surface area contributed by atoms with Crippen molar-refractivity contribution in [3.63, 3.8) is 0 Å². The number of nitrogens with zero attached hydrogens (tertiary/aromatic N) is 3. The van der Waals surface area contributed by atoms with Gasteiger partial charge in [-0.1, -0.05) is 11.9 Å². The van der Waals surface area contributed by atoms with Crippen LogP contribution in [0.2, 0.25) is 0 Å². The highest BCUT2D eigenvalue weighted by atomic mass is 32.2. The summed E-state index contributed by atoms with van der Waals surface area (Å²) in [6, 6.07) is 3.40. The first kappa shape index (κ1) is 26.5. The van der Waals surface area contributed by atoms with Gasteiger partial charge in [0.25, 0.3) is 5.91 Å². The number of rotatable bonds is 5. The third-order valence-electron chi connectivity index (χ3n) is 6.41. The highest BCUT2D eigenvalue weighted by molar-refractivity contribution is 7.97. The fraction of sp³-hybridized carbons (Fsp3) is 0.636. The van der Waals surface area contributed by atoms with Crippen molar-refractivity contribution in [2.24, 2.45) is 5.41 Å². The summed E-state index contributed by atoms with van der Waals surface area (Å²) in [7, 11) is 0.